The van der Waals surface area contributed by atoms with Crippen molar-refractivity contribution in [3.63, 3.8) is 0 Å². The molecule has 0 aliphatic carbocycles. The number of aromatic nitrogens is 2. The Bertz CT molecular complexity index is 850. The van der Waals surface area contributed by atoms with Crippen molar-refractivity contribution in [2.45, 2.75) is 33.6 Å². The van der Waals surface area contributed by atoms with Crippen LogP contribution < -0.4 is 0 Å². The molecule has 0 fully saturated rings. The van der Waals surface area contributed by atoms with E-state index in [1.165, 1.54) is 0 Å². The molecule has 1 aromatic heterocycles. The van der Waals surface area contributed by atoms with Crippen LogP contribution in [-0.4, -0.2) is 33.6 Å². The molecular formula is C21H25N3O2. The number of hydrogen-bond acceptors (Lipinski definition) is 4. The maximum absolute atomic E-state index is 12.7. The molecule has 1 aliphatic heterocycles. The van der Waals surface area contributed by atoms with Crippen molar-refractivity contribution < 1.29 is 9.53 Å². The normalized spacial score (nSPS) is 17.3. The lowest BCUT2D eigenvalue weighted by molar-refractivity contribution is -0.138. The quantitative estimate of drug-likeness (QED) is 0.763. The third-order valence-corrected chi connectivity index (χ3v) is 4.78. The first-order chi connectivity index (χ1) is 12.6. The monoisotopic (exact) mass is 351 g/mol. The van der Waals surface area contributed by atoms with E-state index in [1.54, 1.807) is 12.5 Å². The van der Waals surface area contributed by atoms with Crippen LogP contribution in [0.3, 0.4) is 0 Å². The molecule has 0 radical (unpaired) electrons. The third kappa shape index (κ3) is 3.29. The first-order valence-corrected chi connectivity index (χ1v) is 8.99. The fourth-order valence-electron chi connectivity index (χ4n) is 3.57. The predicted molar refractivity (Wildman–Crippen MR) is 102 cm³/mol. The SMILES string of the molecule is CCOC(=O)C1=C(C)N(CC)C(C)=CC1c1cccc(-n2ccnc2)c1. The number of carbonyl (C=O) groups is 1. The fourth-order valence-corrected chi connectivity index (χ4v) is 3.57. The molecule has 0 spiro atoms. The molecule has 2 heterocycles. The molecule has 0 amide bonds. The van der Waals surface area contributed by atoms with Gasteiger partial charge in [-0.05, 0) is 45.4 Å². The number of esters is 1. The highest BCUT2D eigenvalue weighted by Gasteiger charge is 2.31. The standard InChI is InChI=1S/C21H25N3O2/c1-5-24-15(3)12-19(20(16(24)4)21(25)26-6-2)17-8-7-9-18(13-17)23-11-10-22-14-23/h7-14,19H,5-6H2,1-4H3. The number of nitrogens with zero attached hydrogens (tertiary/aromatic N) is 3. The van der Waals surface area contributed by atoms with Crippen LogP contribution in [0.1, 0.15) is 39.2 Å². The molecule has 26 heavy (non-hydrogen) atoms. The summed E-state index contributed by atoms with van der Waals surface area (Å²) in [6.07, 6.45) is 7.58. The maximum atomic E-state index is 12.7. The summed E-state index contributed by atoms with van der Waals surface area (Å²) in [5.74, 6) is -0.370. The van der Waals surface area contributed by atoms with E-state index in [2.05, 4.69) is 41.9 Å². The van der Waals surface area contributed by atoms with Gasteiger partial charge in [0.25, 0.3) is 0 Å². The summed E-state index contributed by atoms with van der Waals surface area (Å²) in [6.45, 7) is 9.19. The smallest absolute Gasteiger partial charge is 0.336 e. The van der Waals surface area contributed by atoms with E-state index in [0.717, 1.165) is 29.2 Å². The van der Waals surface area contributed by atoms with E-state index in [-0.39, 0.29) is 11.9 Å². The number of hydrogen-bond donors (Lipinski definition) is 0. The molecule has 136 valence electrons. The third-order valence-electron chi connectivity index (χ3n) is 4.78. The van der Waals surface area contributed by atoms with Gasteiger partial charge in [0.15, 0.2) is 0 Å². The van der Waals surface area contributed by atoms with Crippen molar-refractivity contribution in [1.82, 2.24) is 14.5 Å². The van der Waals surface area contributed by atoms with E-state index in [0.29, 0.717) is 12.2 Å². The molecule has 1 aliphatic rings. The van der Waals surface area contributed by atoms with Crippen LogP contribution in [0.2, 0.25) is 0 Å². The van der Waals surface area contributed by atoms with Gasteiger partial charge in [0.05, 0.1) is 18.5 Å². The minimum absolute atomic E-state index is 0.125. The highest BCUT2D eigenvalue weighted by Crippen LogP contribution is 2.37. The Morgan fingerprint density at radius 2 is 2.08 bits per heavy atom. The fraction of sp³-hybridized carbons (Fsp3) is 0.333. The Kier molecular flexibility index (Phi) is 5.26. The first-order valence-electron chi connectivity index (χ1n) is 8.99. The van der Waals surface area contributed by atoms with Crippen molar-refractivity contribution in [2.24, 2.45) is 0 Å². The van der Waals surface area contributed by atoms with Crippen LogP contribution in [0.4, 0.5) is 0 Å². The number of rotatable bonds is 5. The second-order valence-electron chi connectivity index (χ2n) is 6.31. The molecule has 2 aromatic rings. The largest absolute Gasteiger partial charge is 0.463 e. The highest BCUT2D eigenvalue weighted by molar-refractivity contribution is 5.92. The molecule has 1 aromatic carbocycles. The molecule has 3 rings (SSSR count). The molecule has 5 nitrogen and oxygen atoms in total. The Balaban J connectivity index is 2.08. The van der Waals surface area contributed by atoms with Crippen molar-refractivity contribution in [2.75, 3.05) is 13.2 Å². The molecule has 5 heteroatoms. The van der Waals surface area contributed by atoms with Gasteiger partial charge in [-0.1, -0.05) is 18.2 Å². The maximum Gasteiger partial charge on any atom is 0.336 e. The second kappa shape index (κ2) is 7.60. The van der Waals surface area contributed by atoms with Crippen molar-refractivity contribution >= 4 is 5.97 Å². The van der Waals surface area contributed by atoms with Gasteiger partial charge < -0.3 is 14.2 Å². The van der Waals surface area contributed by atoms with Crippen LogP contribution in [0.5, 0.6) is 0 Å². The van der Waals surface area contributed by atoms with E-state index >= 15 is 0 Å². The van der Waals surface area contributed by atoms with Crippen LogP contribution in [-0.2, 0) is 9.53 Å². The Labute approximate surface area is 154 Å². The van der Waals surface area contributed by atoms with E-state index < -0.39 is 0 Å². The van der Waals surface area contributed by atoms with Gasteiger partial charge in [0.1, 0.15) is 0 Å². The zero-order valence-corrected chi connectivity index (χ0v) is 15.8. The molecule has 0 bridgehead atoms. The number of ether oxygens (including phenoxy) is 1. The second-order valence-corrected chi connectivity index (χ2v) is 6.31. The van der Waals surface area contributed by atoms with Crippen LogP contribution in [0, 0.1) is 0 Å². The number of allylic oxidation sites excluding steroid dienone is 3. The lowest BCUT2D eigenvalue weighted by atomic mass is 9.86. The summed E-state index contributed by atoms with van der Waals surface area (Å²) >= 11 is 0. The minimum atomic E-state index is -0.245. The molecular weight excluding hydrogens is 326 g/mol. The Morgan fingerprint density at radius 1 is 1.27 bits per heavy atom. The molecule has 0 N–H and O–H groups in total. The summed E-state index contributed by atoms with van der Waals surface area (Å²) < 4.78 is 7.33. The van der Waals surface area contributed by atoms with Crippen molar-refractivity contribution in [3.8, 4) is 5.69 Å². The first kappa shape index (κ1) is 18.0. The van der Waals surface area contributed by atoms with E-state index in [4.69, 9.17) is 4.74 Å². The Hall–Kier alpha value is -2.82. The van der Waals surface area contributed by atoms with Gasteiger partial charge in [0.2, 0.25) is 0 Å². The van der Waals surface area contributed by atoms with Crippen molar-refractivity contribution in [1.29, 1.82) is 0 Å². The van der Waals surface area contributed by atoms with Gasteiger partial charge in [-0.3, -0.25) is 0 Å². The summed E-state index contributed by atoms with van der Waals surface area (Å²) in [7, 11) is 0. The summed E-state index contributed by atoms with van der Waals surface area (Å²) in [6, 6.07) is 8.20. The van der Waals surface area contributed by atoms with Gasteiger partial charge in [-0.15, -0.1) is 0 Å². The summed E-state index contributed by atoms with van der Waals surface area (Å²) in [5.41, 5.74) is 4.90. The van der Waals surface area contributed by atoms with Crippen LogP contribution >= 0.6 is 0 Å². The van der Waals surface area contributed by atoms with Gasteiger partial charge in [-0.25, -0.2) is 9.78 Å². The highest BCUT2D eigenvalue weighted by atomic mass is 16.5. The minimum Gasteiger partial charge on any atom is -0.463 e. The Morgan fingerprint density at radius 3 is 2.73 bits per heavy atom. The van der Waals surface area contributed by atoms with E-state index in [1.807, 2.05) is 36.7 Å². The van der Waals surface area contributed by atoms with Gasteiger partial charge in [-0.2, -0.15) is 0 Å². The van der Waals surface area contributed by atoms with Gasteiger partial charge >= 0.3 is 5.97 Å². The summed E-state index contributed by atoms with van der Waals surface area (Å²) in [4.78, 5) is 19.0. The zero-order chi connectivity index (χ0) is 18.7. The molecule has 1 atom stereocenters. The summed E-state index contributed by atoms with van der Waals surface area (Å²) in [5, 5.41) is 0. The molecule has 1 unspecified atom stereocenters. The van der Waals surface area contributed by atoms with E-state index in [9.17, 15) is 4.79 Å². The zero-order valence-electron chi connectivity index (χ0n) is 15.8. The number of imidazole rings is 1. The van der Waals surface area contributed by atoms with Gasteiger partial charge in [0, 0.05) is 41.9 Å². The number of benzene rings is 1. The van der Waals surface area contributed by atoms with Crippen LogP contribution in [0.25, 0.3) is 5.69 Å². The van der Waals surface area contributed by atoms with Crippen molar-refractivity contribution in [3.05, 3.63) is 71.6 Å². The lowest BCUT2D eigenvalue weighted by Gasteiger charge is -2.34. The van der Waals surface area contributed by atoms with Crippen LogP contribution in [0.15, 0.2) is 66.0 Å². The average Bonchev–Trinajstić information content (AvgIpc) is 3.16. The predicted octanol–water partition coefficient (Wildman–Crippen LogP) is 4.03. The average molecular weight is 351 g/mol. The topological polar surface area (TPSA) is 47.4 Å². The lowest BCUT2D eigenvalue weighted by Crippen LogP contribution is -2.29. The molecule has 0 saturated carbocycles. The molecule has 0 saturated heterocycles. The number of carbonyl (C=O) groups excluding carboxylic acids is 1.